The molecule has 0 atom stereocenters. The number of rotatable bonds is 4. The van der Waals surface area contributed by atoms with Crippen molar-refractivity contribution in [2.45, 2.75) is 26.9 Å². The summed E-state index contributed by atoms with van der Waals surface area (Å²) in [6.07, 6.45) is 1.42. The predicted octanol–water partition coefficient (Wildman–Crippen LogP) is 3.04. The fourth-order valence-corrected chi connectivity index (χ4v) is 3.47. The first-order valence-electron chi connectivity index (χ1n) is 6.37. The zero-order valence-corrected chi connectivity index (χ0v) is 13.5. The lowest BCUT2D eigenvalue weighted by Crippen LogP contribution is -2.35. The molecule has 0 N–H and O–H groups in total. The number of ether oxygens (including phenoxy) is 1. The van der Waals surface area contributed by atoms with Crippen molar-refractivity contribution in [3.63, 3.8) is 0 Å². The van der Waals surface area contributed by atoms with Gasteiger partial charge in [-0.3, -0.25) is 19.3 Å². The van der Waals surface area contributed by atoms with Gasteiger partial charge in [0.1, 0.15) is 6.54 Å². The SMILES string of the molecule is Cc1ccsc1/C=C1/SC(=O)N(CC(=O)OC(C)C)C1=O. The van der Waals surface area contributed by atoms with Crippen LogP contribution in [0.15, 0.2) is 16.4 Å². The lowest BCUT2D eigenvalue weighted by Gasteiger charge is -2.13. The highest BCUT2D eigenvalue weighted by atomic mass is 32.2. The van der Waals surface area contributed by atoms with Gasteiger partial charge in [-0.1, -0.05) is 0 Å². The largest absolute Gasteiger partial charge is 0.462 e. The van der Waals surface area contributed by atoms with E-state index in [0.717, 1.165) is 27.1 Å². The molecule has 1 aromatic rings. The Balaban J connectivity index is 2.12. The van der Waals surface area contributed by atoms with Crippen LogP contribution < -0.4 is 0 Å². The number of thiophene rings is 1. The number of hydrogen-bond donors (Lipinski definition) is 0. The van der Waals surface area contributed by atoms with Gasteiger partial charge in [0.2, 0.25) is 0 Å². The average Bonchev–Trinajstić information content (AvgIpc) is 2.88. The molecule has 5 nitrogen and oxygen atoms in total. The van der Waals surface area contributed by atoms with Crippen LogP contribution in [0.1, 0.15) is 24.3 Å². The highest BCUT2D eigenvalue weighted by molar-refractivity contribution is 8.18. The number of carbonyl (C=O) groups is 3. The van der Waals surface area contributed by atoms with E-state index in [-0.39, 0.29) is 12.6 Å². The lowest BCUT2D eigenvalue weighted by atomic mass is 10.2. The fraction of sp³-hybridized carbons (Fsp3) is 0.357. The zero-order chi connectivity index (χ0) is 15.6. The summed E-state index contributed by atoms with van der Waals surface area (Å²) in [6.45, 7) is 5.02. The van der Waals surface area contributed by atoms with Gasteiger partial charge in [0, 0.05) is 4.88 Å². The first-order chi connectivity index (χ1) is 9.88. The van der Waals surface area contributed by atoms with Crippen LogP contribution in [-0.2, 0) is 14.3 Å². The van der Waals surface area contributed by atoms with E-state index >= 15 is 0 Å². The second-order valence-electron chi connectivity index (χ2n) is 4.77. The molecule has 0 aromatic carbocycles. The molecule has 0 aliphatic carbocycles. The molecule has 1 aliphatic rings. The van der Waals surface area contributed by atoms with Crippen molar-refractivity contribution in [1.29, 1.82) is 0 Å². The molecule has 1 aliphatic heterocycles. The van der Waals surface area contributed by atoms with E-state index in [9.17, 15) is 14.4 Å². The van der Waals surface area contributed by atoms with Crippen molar-refractivity contribution in [3.8, 4) is 0 Å². The Bertz CT molecular complexity index is 618. The van der Waals surface area contributed by atoms with Crippen molar-refractivity contribution >= 4 is 46.3 Å². The van der Waals surface area contributed by atoms with E-state index in [0.29, 0.717) is 4.91 Å². The number of nitrogens with zero attached hydrogens (tertiary/aromatic N) is 1. The summed E-state index contributed by atoms with van der Waals surface area (Å²) in [6, 6.07) is 1.95. The van der Waals surface area contributed by atoms with E-state index in [1.54, 1.807) is 19.9 Å². The van der Waals surface area contributed by atoms with Gasteiger partial charge in [0.05, 0.1) is 11.0 Å². The number of amides is 2. The Kier molecular flexibility index (Phi) is 4.84. The first-order valence-corrected chi connectivity index (χ1v) is 8.07. The minimum absolute atomic E-state index is 0.276. The summed E-state index contributed by atoms with van der Waals surface area (Å²) in [5.74, 6) is -1.03. The number of aryl methyl sites for hydroxylation is 1. The molecular weight excluding hydrogens is 310 g/mol. The third kappa shape index (κ3) is 3.74. The summed E-state index contributed by atoms with van der Waals surface area (Å²) >= 11 is 2.35. The molecule has 2 amide bonds. The molecule has 2 heterocycles. The van der Waals surface area contributed by atoms with Gasteiger partial charge in [-0.2, -0.15) is 0 Å². The molecule has 2 rings (SSSR count). The Hall–Kier alpha value is -1.60. The van der Waals surface area contributed by atoms with Gasteiger partial charge in [0.25, 0.3) is 11.1 Å². The van der Waals surface area contributed by atoms with E-state index in [1.807, 2.05) is 18.4 Å². The molecule has 1 aromatic heterocycles. The third-order valence-electron chi connectivity index (χ3n) is 2.69. The minimum Gasteiger partial charge on any atom is -0.462 e. The topological polar surface area (TPSA) is 63.7 Å². The Morgan fingerprint density at radius 2 is 2.14 bits per heavy atom. The molecule has 0 bridgehead atoms. The number of esters is 1. The third-order valence-corrected chi connectivity index (χ3v) is 4.57. The first kappa shape index (κ1) is 15.8. The van der Waals surface area contributed by atoms with Crippen LogP contribution in [0.25, 0.3) is 6.08 Å². The lowest BCUT2D eigenvalue weighted by molar-refractivity contribution is -0.149. The molecule has 1 saturated heterocycles. The van der Waals surface area contributed by atoms with Crippen molar-refractivity contribution in [1.82, 2.24) is 4.90 Å². The molecule has 7 heteroatoms. The van der Waals surface area contributed by atoms with Gasteiger partial charge >= 0.3 is 5.97 Å². The fourth-order valence-electron chi connectivity index (χ4n) is 1.72. The smallest absolute Gasteiger partial charge is 0.326 e. The standard InChI is InChI=1S/C14H15NO4S2/c1-8(2)19-12(16)7-15-13(17)11(21-14(15)18)6-10-9(3)4-5-20-10/h4-6,8H,7H2,1-3H3/b11-6+. The molecule has 0 saturated carbocycles. The van der Waals surface area contributed by atoms with Crippen molar-refractivity contribution in [3.05, 3.63) is 26.8 Å². The van der Waals surface area contributed by atoms with Crippen LogP contribution in [0, 0.1) is 6.92 Å². The summed E-state index contributed by atoms with van der Waals surface area (Å²) in [7, 11) is 0. The Labute approximate surface area is 131 Å². The van der Waals surface area contributed by atoms with Gasteiger partial charge in [-0.15, -0.1) is 11.3 Å². The zero-order valence-electron chi connectivity index (χ0n) is 11.9. The summed E-state index contributed by atoms with van der Waals surface area (Å²) in [5.41, 5.74) is 1.05. The molecule has 112 valence electrons. The van der Waals surface area contributed by atoms with Gasteiger partial charge in [-0.25, -0.2) is 0 Å². The Morgan fingerprint density at radius 1 is 1.43 bits per heavy atom. The molecular formula is C14H15NO4S2. The Morgan fingerprint density at radius 3 is 2.71 bits per heavy atom. The normalized spacial score (nSPS) is 17.1. The quantitative estimate of drug-likeness (QED) is 0.629. The second-order valence-corrected chi connectivity index (χ2v) is 6.72. The van der Waals surface area contributed by atoms with Crippen LogP contribution in [0.4, 0.5) is 4.79 Å². The van der Waals surface area contributed by atoms with Crippen LogP contribution in [-0.4, -0.2) is 34.7 Å². The summed E-state index contributed by atoms with van der Waals surface area (Å²) in [5, 5.41) is 1.48. The number of carbonyl (C=O) groups excluding carboxylic acids is 3. The van der Waals surface area contributed by atoms with Gasteiger partial charge in [0.15, 0.2) is 0 Å². The predicted molar refractivity (Wildman–Crippen MR) is 83.0 cm³/mol. The van der Waals surface area contributed by atoms with Gasteiger partial charge in [-0.05, 0) is 55.6 Å². The highest BCUT2D eigenvalue weighted by Crippen LogP contribution is 2.33. The van der Waals surface area contributed by atoms with Crippen molar-refractivity contribution in [2.24, 2.45) is 0 Å². The maximum absolute atomic E-state index is 12.2. The van der Waals surface area contributed by atoms with Crippen molar-refractivity contribution in [2.75, 3.05) is 6.54 Å². The van der Waals surface area contributed by atoms with Crippen LogP contribution in [0.2, 0.25) is 0 Å². The summed E-state index contributed by atoms with van der Waals surface area (Å²) < 4.78 is 4.96. The van der Waals surface area contributed by atoms with Crippen molar-refractivity contribution < 1.29 is 19.1 Å². The maximum atomic E-state index is 12.2. The van der Waals surface area contributed by atoms with E-state index in [2.05, 4.69) is 0 Å². The molecule has 1 fully saturated rings. The summed E-state index contributed by atoms with van der Waals surface area (Å²) in [4.78, 5) is 37.8. The minimum atomic E-state index is -0.583. The number of imide groups is 1. The van der Waals surface area contributed by atoms with Crippen LogP contribution >= 0.6 is 23.1 Å². The van der Waals surface area contributed by atoms with E-state index in [1.165, 1.54) is 11.3 Å². The number of thioether (sulfide) groups is 1. The number of hydrogen-bond acceptors (Lipinski definition) is 6. The highest BCUT2D eigenvalue weighted by Gasteiger charge is 2.36. The van der Waals surface area contributed by atoms with Gasteiger partial charge < -0.3 is 4.74 Å². The molecule has 0 radical (unpaired) electrons. The average molecular weight is 325 g/mol. The molecule has 0 spiro atoms. The monoisotopic (exact) mass is 325 g/mol. The molecule has 0 unspecified atom stereocenters. The maximum Gasteiger partial charge on any atom is 0.326 e. The molecule has 21 heavy (non-hydrogen) atoms. The second kappa shape index (κ2) is 6.44. The van der Waals surface area contributed by atoms with E-state index in [4.69, 9.17) is 4.74 Å². The van der Waals surface area contributed by atoms with E-state index < -0.39 is 17.1 Å². The van der Waals surface area contributed by atoms with Crippen LogP contribution in [0.3, 0.4) is 0 Å². The van der Waals surface area contributed by atoms with Crippen LogP contribution in [0.5, 0.6) is 0 Å².